The molecule has 0 aliphatic carbocycles. The molecule has 2 amide bonds. The zero-order chi connectivity index (χ0) is 28.5. The number of benzene rings is 3. The topological polar surface area (TPSA) is 157 Å². The van der Waals surface area contributed by atoms with Gasteiger partial charge in [0.2, 0.25) is 12.2 Å². The van der Waals surface area contributed by atoms with Crippen molar-refractivity contribution in [2.24, 2.45) is 0 Å². The number of carbonyl (C=O) groups is 5. The van der Waals surface area contributed by atoms with E-state index in [4.69, 9.17) is 37.4 Å². The van der Waals surface area contributed by atoms with Gasteiger partial charge in [-0.2, -0.15) is 0 Å². The molecule has 0 bridgehead atoms. The molecule has 202 valence electrons. The number of carboxylic acid groups (broad SMARTS) is 1. The summed E-state index contributed by atoms with van der Waals surface area (Å²) in [6.07, 6.45) is -4.53. The number of hydrazine groups is 1. The second-order valence-electron chi connectivity index (χ2n) is 7.68. The van der Waals surface area contributed by atoms with E-state index in [-0.39, 0.29) is 16.7 Å². The number of amides is 2. The maximum atomic E-state index is 13.0. The van der Waals surface area contributed by atoms with Crippen LogP contribution in [0.15, 0.2) is 72.8 Å². The monoisotopic (exact) mass is 574 g/mol. The molecule has 11 nitrogen and oxygen atoms in total. The van der Waals surface area contributed by atoms with Crippen LogP contribution in [0.1, 0.15) is 31.1 Å². The Balaban J connectivity index is 1.83. The predicted octanol–water partition coefficient (Wildman–Crippen LogP) is 3.30. The van der Waals surface area contributed by atoms with Crippen molar-refractivity contribution in [1.29, 1.82) is 0 Å². The van der Waals surface area contributed by atoms with E-state index >= 15 is 0 Å². The third-order valence-corrected chi connectivity index (χ3v) is 5.56. The van der Waals surface area contributed by atoms with Gasteiger partial charge >= 0.3 is 17.9 Å². The summed E-state index contributed by atoms with van der Waals surface area (Å²) in [6.45, 7) is 0. The first-order valence-corrected chi connectivity index (χ1v) is 11.7. The summed E-state index contributed by atoms with van der Waals surface area (Å²) in [4.78, 5) is 62.8. The second kappa shape index (κ2) is 13.3. The Labute approximate surface area is 231 Å². The maximum absolute atomic E-state index is 13.0. The normalized spacial score (nSPS) is 11.9. The van der Waals surface area contributed by atoms with Crippen molar-refractivity contribution < 1.29 is 43.3 Å². The van der Waals surface area contributed by atoms with Crippen LogP contribution in [0.4, 0.5) is 0 Å². The van der Waals surface area contributed by atoms with Crippen LogP contribution in [0.25, 0.3) is 0 Å². The van der Waals surface area contributed by atoms with Gasteiger partial charge in [-0.3, -0.25) is 20.4 Å². The molecule has 39 heavy (non-hydrogen) atoms. The van der Waals surface area contributed by atoms with Crippen LogP contribution in [0.2, 0.25) is 10.0 Å². The van der Waals surface area contributed by atoms with Crippen molar-refractivity contribution in [3.05, 3.63) is 99.5 Å². The van der Waals surface area contributed by atoms with Gasteiger partial charge in [0, 0.05) is 15.6 Å². The van der Waals surface area contributed by atoms with E-state index in [0.717, 1.165) is 0 Å². The summed E-state index contributed by atoms with van der Waals surface area (Å²) in [5, 5.41) is 10.4. The molecular weight excluding hydrogens is 555 g/mol. The minimum Gasteiger partial charge on any atom is -0.497 e. The maximum Gasteiger partial charge on any atom is 0.349 e. The Morgan fingerprint density at radius 1 is 0.667 bits per heavy atom. The van der Waals surface area contributed by atoms with Gasteiger partial charge < -0.3 is 19.3 Å². The number of nitrogens with one attached hydrogen (secondary N) is 2. The minimum atomic E-state index is -2.30. The van der Waals surface area contributed by atoms with E-state index in [2.05, 4.69) is 5.43 Å². The molecule has 2 atom stereocenters. The van der Waals surface area contributed by atoms with E-state index in [1.807, 2.05) is 5.43 Å². The number of hydrogen-bond acceptors (Lipinski definition) is 8. The Morgan fingerprint density at radius 3 is 1.54 bits per heavy atom. The van der Waals surface area contributed by atoms with Crippen LogP contribution in [-0.2, 0) is 19.1 Å². The standard InChI is InChI=1S/C26H20Cl2N2O9/c1-37-19-12-6-14(7-13-19)22(31)29-30-23(32)20(38-25(35)15-2-8-17(27)9-3-15)21(24(33)34)39-26(36)16-4-10-18(28)11-5-16/h2-13,20-21H,1H3,(H,29,31)(H,30,32)(H,33,34)/t20-,21+/m1/s1. The van der Waals surface area contributed by atoms with Crippen molar-refractivity contribution in [1.82, 2.24) is 10.9 Å². The highest BCUT2D eigenvalue weighted by atomic mass is 35.5. The summed E-state index contributed by atoms with van der Waals surface area (Å²) >= 11 is 11.6. The minimum absolute atomic E-state index is 0.0763. The van der Waals surface area contributed by atoms with Crippen molar-refractivity contribution in [3.63, 3.8) is 0 Å². The van der Waals surface area contributed by atoms with Crippen LogP contribution >= 0.6 is 23.2 Å². The molecule has 0 aromatic heterocycles. The molecule has 0 unspecified atom stereocenters. The average molecular weight is 575 g/mol. The van der Waals surface area contributed by atoms with Gasteiger partial charge in [-0.15, -0.1) is 0 Å². The number of carbonyl (C=O) groups excluding carboxylic acids is 4. The lowest BCUT2D eigenvalue weighted by Crippen LogP contribution is -2.54. The van der Waals surface area contributed by atoms with Gasteiger partial charge in [-0.1, -0.05) is 23.2 Å². The van der Waals surface area contributed by atoms with Crippen molar-refractivity contribution in [2.75, 3.05) is 7.11 Å². The average Bonchev–Trinajstić information content (AvgIpc) is 2.93. The van der Waals surface area contributed by atoms with E-state index in [9.17, 15) is 29.1 Å². The first-order chi connectivity index (χ1) is 18.6. The molecule has 3 aromatic carbocycles. The van der Waals surface area contributed by atoms with E-state index in [0.29, 0.717) is 15.8 Å². The first-order valence-electron chi connectivity index (χ1n) is 11.0. The number of methoxy groups -OCH3 is 1. The molecule has 0 spiro atoms. The fourth-order valence-electron chi connectivity index (χ4n) is 3.04. The van der Waals surface area contributed by atoms with Crippen molar-refractivity contribution >= 4 is 52.9 Å². The Hall–Kier alpha value is -4.61. The fourth-order valence-corrected chi connectivity index (χ4v) is 3.29. The van der Waals surface area contributed by atoms with Crippen LogP contribution in [0, 0.1) is 0 Å². The lowest BCUT2D eigenvalue weighted by Gasteiger charge is -2.23. The highest BCUT2D eigenvalue weighted by molar-refractivity contribution is 6.31. The van der Waals surface area contributed by atoms with Crippen LogP contribution in [0.5, 0.6) is 5.75 Å². The van der Waals surface area contributed by atoms with Gasteiger partial charge in [0.15, 0.2) is 0 Å². The molecule has 0 aliphatic heterocycles. The molecule has 13 heteroatoms. The fraction of sp³-hybridized carbons (Fsp3) is 0.115. The summed E-state index contributed by atoms with van der Waals surface area (Å²) in [7, 11) is 1.44. The number of esters is 2. The molecule has 3 rings (SSSR count). The largest absolute Gasteiger partial charge is 0.497 e. The lowest BCUT2D eigenvalue weighted by atomic mass is 10.1. The van der Waals surface area contributed by atoms with Gasteiger partial charge in [0.05, 0.1) is 18.2 Å². The van der Waals surface area contributed by atoms with Crippen LogP contribution < -0.4 is 15.6 Å². The zero-order valence-corrected chi connectivity index (χ0v) is 21.6. The third-order valence-electron chi connectivity index (χ3n) is 5.06. The molecular formula is C26H20Cl2N2O9. The van der Waals surface area contributed by atoms with E-state index < -0.39 is 41.9 Å². The van der Waals surface area contributed by atoms with E-state index in [1.165, 1.54) is 79.9 Å². The highest BCUT2D eigenvalue weighted by Gasteiger charge is 2.41. The summed E-state index contributed by atoms with van der Waals surface area (Å²) in [5.41, 5.74) is 4.04. The quantitative estimate of drug-likeness (QED) is 0.257. The van der Waals surface area contributed by atoms with Gasteiger partial charge in [-0.25, -0.2) is 14.4 Å². The number of rotatable bonds is 9. The molecule has 0 aliphatic rings. The zero-order valence-electron chi connectivity index (χ0n) is 20.1. The highest BCUT2D eigenvalue weighted by Crippen LogP contribution is 2.17. The van der Waals surface area contributed by atoms with Gasteiger partial charge in [0.1, 0.15) is 5.75 Å². The Kier molecular flexibility index (Phi) is 9.85. The number of halogens is 2. The number of ether oxygens (including phenoxy) is 3. The Morgan fingerprint density at radius 2 is 1.10 bits per heavy atom. The van der Waals surface area contributed by atoms with Gasteiger partial charge in [0.25, 0.3) is 11.8 Å². The smallest absolute Gasteiger partial charge is 0.349 e. The third kappa shape index (κ3) is 7.94. The van der Waals surface area contributed by atoms with Crippen LogP contribution in [0.3, 0.4) is 0 Å². The molecule has 3 N–H and O–H groups in total. The molecule has 0 fully saturated rings. The Bertz CT molecular complexity index is 1360. The molecule has 0 radical (unpaired) electrons. The number of hydrogen-bond donors (Lipinski definition) is 3. The van der Waals surface area contributed by atoms with Crippen LogP contribution in [-0.4, -0.2) is 54.1 Å². The van der Waals surface area contributed by atoms with E-state index in [1.54, 1.807) is 0 Å². The molecule has 0 saturated heterocycles. The number of carboxylic acids is 1. The number of aliphatic carboxylic acids is 1. The van der Waals surface area contributed by atoms with Crippen molar-refractivity contribution in [3.8, 4) is 5.75 Å². The van der Waals surface area contributed by atoms with Gasteiger partial charge in [-0.05, 0) is 72.8 Å². The molecule has 0 heterocycles. The summed E-state index contributed by atoms with van der Waals surface area (Å²) in [5.74, 6) is -5.66. The van der Waals surface area contributed by atoms with Crippen molar-refractivity contribution in [2.45, 2.75) is 12.2 Å². The molecule has 3 aromatic rings. The SMILES string of the molecule is COc1ccc(C(=O)NNC(=O)[C@H](OC(=O)c2ccc(Cl)cc2)[C@H](OC(=O)c2ccc(Cl)cc2)C(=O)O)cc1. The summed E-state index contributed by atoms with van der Waals surface area (Å²) < 4.78 is 15.2. The summed E-state index contributed by atoms with van der Waals surface area (Å²) in [6, 6.07) is 16.4. The predicted molar refractivity (Wildman–Crippen MR) is 138 cm³/mol. The lowest BCUT2D eigenvalue weighted by molar-refractivity contribution is -0.159. The second-order valence-corrected chi connectivity index (χ2v) is 8.55. The molecule has 0 saturated carbocycles. The first kappa shape index (κ1) is 29.0.